The average molecular weight is 399 g/mol. The molecule has 1 N–H and O–H groups in total. The molecule has 1 saturated carbocycles. The molecule has 1 saturated heterocycles. The first-order valence-corrected chi connectivity index (χ1v) is 10.7. The summed E-state index contributed by atoms with van der Waals surface area (Å²) in [5.74, 6) is 2.26. The molecule has 0 spiro atoms. The lowest BCUT2D eigenvalue weighted by Gasteiger charge is -2.33. The van der Waals surface area contributed by atoms with Crippen LogP contribution in [-0.2, 0) is 4.79 Å². The van der Waals surface area contributed by atoms with E-state index in [-0.39, 0.29) is 11.8 Å². The molecule has 2 fully saturated rings. The van der Waals surface area contributed by atoms with Gasteiger partial charge in [-0.3, -0.25) is 4.79 Å². The molecule has 2 heterocycles. The van der Waals surface area contributed by atoms with Crippen molar-refractivity contribution in [1.29, 1.82) is 0 Å². The fourth-order valence-corrected chi connectivity index (χ4v) is 4.29. The molecule has 1 aromatic carbocycles. The Morgan fingerprint density at radius 3 is 2.66 bits per heavy atom. The maximum atomic E-state index is 12.8. The molecule has 2 aliphatic rings. The van der Waals surface area contributed by atoms with E-state index in [1.165, 1.54) is 12.8 Å². The first kappa shape index (κ1) is 19.7. The lowest BCUT2D eigenvalue weighted by Crippen LogP contribution is -2.46. The van der Waals surface area contributed by atoms with Gasteiger partial charge in [0.2, 0.25) is 11.7 Å². The van der Waals surface area contributed by atoms with E-state index in [1.807, 2.05) is 29.2 Å². The summed E-state index contributed by atoms with van der Waals surface area (Å²) in [6, 6.07) is 8.38. The molecule has 7 nitrogen and oxygen atoms in total. The molecular weight excluding hydrogens is 368 g/mol. The molecule has 1 aliphatic carbocycles. The number of piperidine rings is 1. The van der Waals surface area contributed by atoms with E-state index >= 15 is 0 Å². The van der Waals surface area contributed by atoms with Crippen molar-refractivity contribution >= 4 is 11.9 Å². The van der Waals surface area contributed by atoms with Crippen LogP contribution in [0.5, 0.6) is 5.75 Å². The van der Waals surface area contributed by atoms with Crippen molar-refractivity contribution in [2.75, 3.05) is 25.1 Å². The fraction of sp³-hybridized carbons (Fsp3) is 0.591. The van der Waals surface area contributed by atoms with Gasteiger partial charge in [-0.2, -0.15) is 4.98 Å². The third-order valence-corrected chi connectivity index (χ3v) is 6.19. The van der Waals surface area contributed by atoms with Crippen LogP contribution < -0.4 is 15.0 Å². The highest BCUT2D eigenvalue weighted by Gasteiger charge is 2.30. The predicted octanol–water partition coefficient (Wildman–Crippen LogP) is 3.66. The lowest BCUT2D eigenvalue weighted by molar-refractivity contribution is -0.126. The Bertz CT molecular complexity index is 812. The number of anilines is 1. The fourth-order valence-electron chi connectivity index (χ4n) is 4.29. The zero-order valence-corrected chi connectivity index (χ0v) is 17.3. The van der Waals surface area contributed by atoms with Crippen LogP contribution in [0, 0.1) is 11.8 Å². The number of hydrogen-bond acceptors (Lipinski definition) is 6. The largest absolute Gasteiger partial charge is 0.497 e. The van der Waals surface area contributed by atoms with Crippen LogP contribution >= 0.6 is 0 Å². The third-order valence-electron chi connectivity index (χ3n) is 6.19. The molecular formula is C22H30N4O3. The molecule has 0 unspecified atom stereocenters. The molecule has 7 heteroatoms. The number of methoxy groups -OCH3 is 1. The maximum absolute atomic E-state index is 12.8. The Kier molecular flexibility index (Phi) is 6.02. The summed E-state index contributed by atoms with van der Waals surface area (Å²) in [7, 11) is 1.64. The van der Waals surface area contributed by atoms with E-state index in [2.05, 4.69) is 22.4 Å². The van der Waals surface area contributed by atoms with Gasteiger partial charge in [0, 0.05) is 24.7 Å². The van der Waals surface area contributed by atoms with Gasteiger partial charge in [0.25, 0.3) is 0 Å². The number of ether oxygens (including phenoxy) is 1. The molecule has 29 heavy (non-hydrogen) atoms. The summed E-state index contributed by atoms with van der Waals surface area (Å²) in [5.41, 5.74) is 0.874. The van der Waals surface area contributed by atoms with Gasteiger partial charge in [-0.25, -0.2) is 0 Å². The highest BCUT2D eigenvalue weighted by atomic mass is 16.5. The number of amides is 1. The Balaban J connectivity index is 1.37. The van der Waals surface area contributed by atoms with Crippen LogP contribution in [0.4, 0.5) is 6.01 Å². The van der Waals surface area contributed by atoms with Gasteiger partial charge >= 0.3 is 6.01 Å². The summed E-state index contributed by atoms with van der Waals surface area (Å²) in [6.07, 6.45) is 6.46. The second-order valence-corrected chi connectivity index (χ2v) is 8.38. The topological polar surface area (TPSA) is 80.5 Å². The minimum absolute atomic E-state index is 0.0283. The van der Waals surface area contributed by atoms with Crippen molar-refractivity contribution in [2.24, 2.45) is 11.8 Å². The number of hydrogen-bond donors (Lipinski definition) is 1. The molecule has 156 valence electrons. The lowest BCUT2D eigenvalue weighted by atomic mass is 9.87. The Morgan fingerprint density at radius 2 is 1.93 bits per heavy atom. The SMILES string of the molecule is COc1ccc(-c2noc(N3CCC[C@@H](C(=O)NC4CCC(C)CC4)C3)n2)cc1. The van der Waals surface area contributed by atoms with Crippen molar-refractivity contribution in [1.82, 2.24) is 15.5 Å². The van der Waals surface area contributed by atoms with E-state index in [0.29, 0.717) is 24.4 Å². The van der Waals surface area contributed by atoms with Crippen molar-refractivity contribution in [3.05, 3.63) is 24.3 Å². The molecule has 1 aromatic heterocycles. The Hall–Kier alpha value is -2.57. The summed E-state index contributed by atoms with van der Waals surface area (Å²) in [4.78, 5) is 19.4. The zero-order chi connectivity index (χ0) is 20.2. The molecule has 4 rings (SSSR count). The molecule has 0 bridgehead atoms. The van der Waals surface area contributed by atoms with E-state index in [0.717, 1.165) is 49.5 Å². The van der Waals surface area contributed by atoms with Crippen LogP contribution in [0.2, 0.25) is 0 Å². The van der Waals surface area contributed by atoms with Gasteiger partial charge in [-0.15, -0.1) is 0 Å². The molecule has 1 amide bonds. The summed E-state index contributed by atoms with van der Waals surface area (Å²) in [6.45, 7) is 3.75. The summed E-state index contributed by atoms with van der Waals surface area (Å²) < 4.78 is 10.7. The number of rotatable bonds is 5. The van der Waals surface area contributed by atoms with Gasteiger partial charge in [-0.1, -0.05) is 12.1 Å². The Morgan fingerprint density at radius 1 is 1.17 bits per heavy atom. The highest BCUT2D eigenvalue weighted by molar-refractivity contribution is 5.79. The quantitative estimate of drug-likeness (QED) is 0.828. The van der Waals surface area contributed by atoms with E-state index in [9.17, 15) is 4.79 Å². The molecule has 0 radical (unpaired) electrons. The second-order valence-electron chi connectivity index (χ2n) is 8.38. The molecule has 2 aromatic rings. The zero-order valence-electron chi connectivity index (χ0n) is 17.3. The number of carbonyl (C=O) groups excluding carboxylic acids is 1. The van der Waals surface area contributed by atoms with Crippen LogP contribution in [0.25, 0.3) is 11.4 Å². The van der Waals surface area contributed by atoms with Gasteiger partial charge in [-0.05, 0) is 68.7 Å². The van der Waals surface area contributed by atoms with Crippen molar-refractivity contribution in [3.63, 3.8) is 0 Å². The molecule has 1 aliphatic heterocycles. The number of nitrogens with one attached hydrogen (secondary N) is 1. The first-order chi connectivity index (χ1) is 14.1. The van der Waals surface area contributed by atoms with E-state index in [1.54, 1.807) is 7.11 Å². The average Bonchev–Trinajstić information content (AvgIpc) is 3.26. The predicted molar refractivity (Wildman–Crippen MR) is 111 cm³/mol. The number of aromatic nitrogens is 2. The van der Waals surface area contributed by atoms with Gasteiger partial charge in [0.05, 0.1) is 13.0 Å². The number of benzene rings is 1. The normalized spacial score (nSPS) is 24.9. The second kappa shape index (κ2) is 8.84. The monoisotopic (exact) mass is 398 g/mol. The van der Waals surface area contributed by atoms with Gasteiger partial charge < -0.3 is 19.5 Å². The van der Waals surface area contributed by atoms with Crippen molar-refractivity contribution in [2.45, 2.75) is 51.5 Å². The van der Waals surface area contributed by atoms with Crippen LogP contribution in [-0.4, -0.2) is 42.3 Å². The van der Waals surface area contributed by atoms with E-state index in [4.69, 9.17) is 9.26 Å². The third kappa shape index (κ3) is 4.71. The van der Waals surface area contributed by atoms with Gasteiger partial charge in [0.1, 0.15) is 5.75 Å². The minimum Gasteiger partial charge on any atom is -0.497 e. The standard InChI is InChI=1S/C22H30N4O3/c1-15-5-9-18(10-6-15)23-21(27)17-4-3-13-26(14-17)22-24-20(25-29-22)16-7-11-19(28-2)12-8-16/h7-8,11-12,15,17-18H,3-6,9-10,13-14H2,1-2H3,(H,23,27)/t15?,17-,18?/m1/s1. The van der Waals surface area contributed by atoms with Gasteiger partial charge in [0.15, 0.2) is 0 Å². The van der Waals surface area contributed by atoms with Crippen molar-refractivity contribution < 1.29 is 14.1 Å². The van der Waals surface area contributed by atoms with Crippen LogP contribution in [0.15, 0.2) is 28.8 Å². The molecule has 1 atom stereocenters. The summed E-state index contributed by atoms with van der Waals surface area (Å²) >= 11 is 0. The summed E-state index contributed by atoms with van der Waals surface area (Å²) in [5, 5.41) is 7.40. The Labute approximate surface area is 171 Å². The van der Waals surface area contributed by atoms with Crippen LogP contribution in [0.3, 0.4) is 0 Å². The number of carbonyl (C=O) groups is 1. The van der Waals surface area contributed by atoms with Crippen LogP contribution in [0.1, 0.15) is 45.4 Å². The van der Waals surface area contributed by atoms with Crippen molar-refractivity contribution in [3.8, 4) is 17.1 Å². The maximum Gasteiger partial charge on any atom is 0.324 e. The minimum atomic E-state index is -0.0283. The number of nitrogens with zero attached hydrogens (tertiary/aromatic N) is 3. The first-order valence-electron chi connectivity index (χ1n) is 10.7. The smallest absolute Gasteiger partial charge is 0.324 e. The van der Waals surface area contributed by atoms with E-state index < -0.39 is 0 Å². The highest BCUT2D eigenvalue weighted by Crippen LogP contribution is 2.27.